The van der Waals surface area contributed by atoms with E-state index in [1.165, 1.54) is 96.0 Å². The monoisotopic (exact) mass is 767 g/mol. The third kappa shape index (κ3) is 22.9. The molecule has 1 fully saturated rings. The number of aliphatic hydroxyl groups is 5. The van der Waals surface area contributed by atoms with Gasteiger partial charge in [0.2, 0.25) is 5.91 Å². The zero-order valence-corrected chi connectivity index (χ0v) is 32.8. The van der Waals surface area contributed by atoms with E-state index in [1.807, 2.05) is 6.08 Å². The standard InChI is InChI=1S/C38H73NO12S/c1-3-5-7-9-11-13-14-15-16-17-19-20-22-24-26-31(41)30(39-37(45)32(42)27-25-23-21-18-12-10-8-6-4-2)29-49-38-35(44)36(51-52(46,47)48)34(43)33(28-40)50-38/h24,26,30-36,38,40-44H,3-23,25,27-29H2,1-2H3,(H,39,45)(H,46,47,48)/b26-24+. The summed E-state index contributed by atoms with van der Waals surface area (Å²) in [7, 11) is -5.11. The quantitative estimate of drug-likeness (QED) is 0.0254. The van der Waals surface area contributed by atoms with E-state index in [-0.39, 0.29) is 6.42 Å². The molecule has 308 valence electrons. The SMILES string of the molecule is CCCCCCCCCCCCCC/C=C/C(O)C(COC1OC(CO)C(O)C(OS(=O)(=O)O)C1O)NC(=O)C(O)CCCCCCCCCCC. The Morgan fingerprint density at radius 3 is 1.73 bits per heavy atom. The summed E-state index contributed by atoms with van der Waals surface area (Å²) in [5.74, 6) is -0.706. The molecule has 13 nitrogen and oxygen atoms in total. The second-order valence-corrected chi connectivity index (χ2v) is 15.4. The van der Waals surface area contributed by atoms with E-state index < -0.39 is 78.5 Å². The molecular weight excluding hydrogens is 694 g/mol. The van der Waals surface area contributed by atoms with Crippen molar-refractivity contribution in [2.45, 2.75) is 210 Å². The Morgan fingerprint density at radius 1 is 0.769 bits per heavy atom. The molecule has 0 spiro atoms. The van der Waals surface area contributed by atoms with Crippen LogP contribution in [-0.2, 0) is 28.9 Å². The van der Waals surface area contributed by atoms with Crippen molar-refractivity contribution in [3.63, 3.8) is 0 Å². The summed E-state index contributed by atoms with van der Waals surface area (Å²) in [5, 5.41) is 54.8. The number of hydrogen-bond acceptors (Lipinski definition) is 11. The minimum Gasteiger partial charge on any atom is -0.394 e. The highest BCUT2D eigenvalue weighted by Crippen LogP contribution is 2.26. The average Bonchev–Trinajstić information content (AvgIpc) is 3.11. The molecule has 0 saturated carbocycles. The van der Waals surface area contributed by atoms with Gasteiger partial charge in [-0.1, -0.05) is 154 Å². The summed E-state index contributed by atoms with van der Waals surface area (Å²) < 4.78 is 47.3. The van der Waals surface area contributed by atoms with Gasteiger partial charge >= 0.3 is 10.4 Å². The van der Waals surface area contributed by atoms with Crippen LogP contribution in [0.1, 0.15) is 162 Å². The van der Waals surface area contributed by atoms with Gasteiger partial charge in [-0.3, -0.25) is 9.35 Å². The second kappa shape index (κ2) is 30.1. The molecule has 0 aromatic heterocycles. The highest BCUT2D eigenvalue weighted by Gasteiger charge is 2.48. The predicted molar refractivity (Wildman–Crippen MR) is 201 cm³/mol. The molecule has 0 aromatic carbocycles. The Bertz CT molecular complexity index is 1020. The molecule has 0 aromatic rings. The lowest BCUT2D eigenvalue weighted by molar-refractivity contribution is -0.298. The number of rotatable bonds is 33. The fraction of sp³-hybridized carbons (Fsp3) is 0.921. The molecule has 0 aliphatic carbocycles. The number of aliphatic hydroxyl groups excluding tert-OH is 5. The van der Waals surface area contributed by atoms with Crippen molar-refractivity contribution in [1.29, 1.82) is 0 Å². The number of unbranched alkanes of at least 4 members (excludes halogenated alkanes) is 20. The first kappa shape index (κ1) is 48.8. The maximum atomic E-state index is 13.0. The van der Waals surface area contributed by atoms with Crippen LogP contribution in [0, 0.1) is 0 Å². The molecule has 0 bridgehead atoms. The van der Waals surface area contributed by atoms with Crippen molar-refractivity contribution >= 4 is 16.3 Å². The van der Waals surface area contributed by atoms with Gasteiger partial charge in [0.25, 0.3) is 0 Å². The lowest BCUT2D eigenvalue weighted by Gasteiger charge is -2.41. The molecule has 8 unspecified atom stereocenters. The molecule has 1 rings (SSSR count). The second-order valence-electron chi connectivity index (χ2n) is 14.4. The zero-order chi connectivity index (χ0) is 38.6. The van der Waals surface area contributed by atoms with Crippen LogP contribution in [0.5, 0.6) is 0 Å². The molecular formula is C38H73NO12S. The lowest BCUT2D eigenvalue weighted by atomic mass is 9.99. The third-order valence-corrected chi connectivity index (χ3v) is 10.1. The Kier molecular flexibility index (Phi) is 28.2. The van der Waals surface area contributed by atoms with Gasteiger partial charge in [-0.2, -0.15) is 8.42 Å². The Hall–Kier alpha value is -1.20. The van der Waals surface area contributed by atoms with Crippen LogP contribution in [-0.4, -0.2) is 107 Å². The lowest BCUT2D eigenvalue weighted by Crippen LogP contribution is -2.61. The first-order valence-corrected chi connectivity index (χ1v) is 21.5. The van der Waals surface area contributed by atoms with Gasteiger partial charge in [-0.25, -0.2) is 4.18 Å². The molecule has 1 amide bonds. The minimum absolute atomic E-state index is 0.245. The van der Waals surface area contributed by atoms with Gasteiger partial charge in [-0.05, 0) is 19.3 Å². The largest absolute Gasteiger partial charge is 0.397 e. The van der Waals surface area contributed by atoms with Gasteiger partial charge in [0.1, 0.15) is 30.5 Å². The highest BCUT2D eigenvalue weighted by molar-refractivity contribution is 7.80. The molecule has 1 heterocycles. The summed E-state index contributed by atoms with van der Waals surface area (Å²) in [4.78, 5) is 13.0. The third-order valence-electron chi connectivity index (χ3n) is 9.68. The summed E-state index contributed by atoms with van der Waals surface area (Å²) >= 11 is 0. The molecule has 14 heteroatoms. The topological polar surface area (TPSA) is 212 Å². The van der Waals surface area contributed by atoms with Gasteiger partial charge in [0.15, 0.2) is 6.29 Å². The summed E-state index contributed by atoms with van der Waals surface area (Å²) in [6.45, 7) is 3.15. The molecule has 1 aliphatic heterocycles. The van der Waals surface area contributed by atoms with E-state index in [1.54, 1.807) is 0 Å². The number of amides is 1. The van der Waals surface area contributed by atoms with Gasteiger partial charge in [0, 0.05) is 0 Å². The number of allylic oxidation sites excluding steroid dienone is 1. The van der Waals surface area contributed by atoms with E-state index in [0.29, 0.717) is 12.8 Å². The molecule has 7 N–H and O–H groups in total. The molecule has 8 atom stereocenters. The van der Waals surface area contributed by atoms with Gasteiger partial charge in [-0.15, -0.1) is 0 Å². The molecule has 1 aliphatic rings. The maximum absolute atomic E-state index is 13.0. The van der Waals surface area contributed by atoms with Crippen molar-refractivity contribution in [1.82, 2.24) is 5.32 Å². The maximum Gasteiger partial charge on any atom is 0.397 e. The Labute approximate surface area is 313 Å². The van der Waals surface area contributed by atoms with Crippen LogP contribution in [0.3, 0.4) is 0 Å². The van der Waals surface area contributed by atoms with Crippen LogP contribution in [0.25, 0.3) is 0 Å². The molecule has 0 radical (unpaired) electrons. The average molecular weight is 768 g/mol. The zero-order valence-electron chi connectivity index (χ0n) is 32.0. The van der Waals surface area contributed by atoms with Crippen molar-refractivity contribution in [2.75, 3.05) is 13.2 Å². The number of hydrogen-bond donors (Lipinski definition) is 7. The molecule has 52 heavy (non-hydrogen) atoms. The van der Waals surface area contributed by atoms with Crippen LogP contribution in [0.2, 0.25) is 0 Å². The smallest absolute Gasteiger partial charge is 0.394 e. The van der Waals surface area contributed by atoms with Crippen LogP contribution in [0.4, 0.5) is 0 Å². The summed E-state index contributed by atoms with van der Waals surface area (Å²) in [6, 6.07) is -1.11. The number of nitrogens with one attached hydrogen (secondary N) is 1. The van der Waals surface area contributed by atoms with Crippen molar-refractivity contribution in [3.8, 4) is 0 Å². The van der Waals surface area contributed by atoms with Crippen molar-refractivity contribution < 1.29 is 57.0 Å². The minimum atomic E-state index is -5.11. The van der Waals surface area contributed by atoms with E-state index in [2.05, 4.69) is 23.3 Å². The summed E-state index contributed by atoms with van der Waals surface area (Å²) in [6.07, 6.45) is 17.5. The van der Waals surface area contributed by atoms with E-state index in [9.17, 15) is 38.7 Å². The normalized spacial score (nSPS) is 22.8. The first-order chi connectivity index (χ1) is 24.9. The van der Waals surface area contributed by atoms with E-state index in [4.69, 9.17) is 14.0 Å². The molecule has 1 saturated heterocycles. The number of ether oxygens (including phenoxy) is 2. The number of carbonyl (C=O) groups excluding carboxylic acids is 1. The van der Waals surface area contributed by atoms with Gasteiger partial charge in [0.05, 0.1) is 25.4 Å². The fourth-order valence-corrected chi connectivity index (χ4v) is 6.91. The van der Waals surface area contributed by atoms with Crippen molar-refractivity contribution in [3.05, 3.63) is 12.2 Å². The Balaban J connectivity index is 2.69. The van der Waals surface area contributed by atoms with Crippen LogP contribution >= 0.6 is 0 Å². The summed E-state index contributed by atoms with van der Waals surface area (Å²) in [5.41, 5.74) is 0. The van der Waals surface area contributed by atoms with E-state index >= 15 is 0 Å². The predicted octanol–water partition coefficient (Wildman–Crippen LogP) is 5.40. The van der Waals surface area contributed by atoms with Gasteiger partial charge < -0.3 is 40.3 Å². The highest BCUT2D eigenvalue weighted by atomic mass is 32.3. The van der Waals surface area contributed by atoms with Crippen molar-refractivity contribution in [2.24, 2.45) is 0 Å². The van der Waals surface area contributed by atoms with E-state index in [0.717, 1.165) is 38.5 Å². The van der Waals surface area contributed by atoms with Crippen LogP contribution in [0.15, 0.2) is 12.2 Å². The fourth-order valence-electron chi connectivity index (χ4n) is 6.40. The Morgan fingerprint density at radius 2 is 1.25 bits per heavy atom. The number of carbonyl (C=O) groups is 1. The first-order valence-electron chi connectivity index (χ1n) is 20.2. The van der Waals surface area contributed by atoms with Crippen LogP contribution < -0.4 is 5.32 Å².